The summed E-state index contributed by atoms with van der Waals surface area (Å²) in [4.78, 5) is 54.0. The van der Waals surface area contributed by atoms with Crippen LogP contribution < -0.4 is 10.9 Å². The van der Waals surface area contributed by atoms with Gasteiger partial charge in [-0.25, -0.2) is 17.9 Å². The number of piperazine rings is 1. The van der Waals surface area contributed by atoms with Crippen LogP contribution in [0.25, 0.3) is 10.8 Å². The molecule has 324 valence electrons. The number of anilines is 1. The fraction of sp³-hybridized carbons (Fsp3) is 0.302. The number of fused-ring (bicyclic) bond motifs is 1. The molecule has 2 heterocycles. The SMILES string of the molecule is C[C@](O)(CS(=O)(=O)c1ccc(CCCOCC(=O)N2CCN(C(=O)c3cc(Cc4n[nH]c(=O)c5ccccc45)ccc3F)CC2)cc1)C(=O)Nc1ccc(C#N)c(C(F)(F)F)c1. The van der Waals surface area contributed by atoms with E-state index in [4.69, 9.17) is 10.00 Å². The molecule has 0 radical (unpaired) electrons. The number of benzene rings is 4. The number of nitrogens with one attached hydrogen (secondary N) is 2. The third kappa shape index (κ3) is 10.7. The molecule has 1 aliphatic rings. The predicted octanol–water partition coefficient (Wildman–Crippen LogP) is 4.64. The number of H-pyrrole nitrogens is 1. The van der Waals surface area contributed by atoms with Gasteiger partial charge in [0.05, 0.1) is 44.5 Å². The first-order valence-electron chi connectivity index (χ1n) is 19.2. The number of hydrogen-bond donors (Lipinski definition) is 3. The molecule has 0 bridgehead atoms. The summed E-state index contributed by atoms with van der Waals surface area (Å²) in [7, 11) is -4.26. The van der Waals surface area contributed by atoms with Crippen molar-refractivity contribution in [3.05, 3.63) is 135 Å². The zero-order valence-electron chi connectivity index (χ0n) is 33.2. The average molecular weight is 877 g/mol. The molecule has 3 amide bonds. The van der Waals surface area contributed by atoms with Crippen LogP contribution in [-0.4, -0.2) is 102 Å². The number of amides is 3. The maximum absolute atomic E-state index is 14.9. The maximum Gasteiger partial charge on any atom is 0.417 e. The lowest BCUT2D eigenvalue weighted by Gasteiger charge is -2.34. The minimum absolute atomic E-state index is 0.110. The molecule has 5 aromatic rings. The molecule has 3 N–H and O–H groups in total. The van der Waals surface area contributed by atoms with Crippen molar-refractivity contribution >= 4 is 44.0 Å². The minimum atomic E-state index is -4.90. The Morgan fingerprint density at radius 1 is 0.935 bits per heavy atom. The molecule has 1 saturated heterocycles. The zero-order valence-corrected chi connectivity index (χ0v) is 34.0. The highest BCUT2D eigenvalue weighted by atomic mass is 32.2. The molecule has 0 spiro atoms. The first-order chi connectivity index (χ1) is 29.4. The number of nitriles is 1. The summed E-state index contributed by atoms with van der Waals surface area (Å²) in [6, 6.07) is 20.7. The molecule has 1 atom stereocenters. The zero-order chi connectivity index (χ0) is 44.8. The Hall–Kier alpha value is -6.49. The number of alkyl halides is 3. The molecule has 4 aromatic carbocycles. The van der Waals surface area contributed by atoms with Crippen LogP contribution in [-0.2, 0) is 43.2 Å². The number of ether oxygens (including phenoxy) is 1. The first-order valence-corrected chi connectivity index (χ1v) is 20.9. The third-order valence-corrected chi connectivity index (χ3v) is 12.2. The Bertz CT molecular complexity index is 2710. The Morgan fingerprint density at radius 2 is 1.60 bits per heavy atom. The van der Waals surface area contributed by atoms with Gasteiger partial charge in [0, 0.05) is 50.3 Å². The number of aliphatic hydroxyl groups is 1. The summed E-state index contributed by atoms with van der Waals surface area (Å²) in [6.07, 6.45) is -3.72. The number of carbonyl (C=O) groups is 3. The van der Waals surface area contributed by atoms with E-state index in [0.717, 1.165) is 24.6 Å². The topological polar surface area (TPSA) is 203 Å². The summed E-state index contributed by atoms with van der Waals surface area (Å²) in [5, 5.41) is 29.5. The first kappa shape index (κ1) is 45.0. The van der Waals surface area contributed by atoms with Gasteiger partial charge in [-0.05, 0) is 79.4 Å². The number of aryl methyl sites for hydroxylation is 1. The number of carbonyl (C=O) groups excluding carboxylic acids is 3. The summed E-state index contributed by atoms with van der Waals surface area (Å²) in [6.45, 7) is 1.71. The largest absolute Gasteiger partial charge is 0.417 e. The molecular formula is C43H40F4N6O8S. The molecule has 62 heavy (non-hydrogen) atoms. The average Bonchev–Trinajstić information content (AvgIpc) is 3.24. The van der Waals surface area contributed by atoms with E-state index in [9.17, 15) is 50.3 Å². The monoisotopic (exact) mass is 876 g/mol. The molecule has 1 aromatic heterocycles. The molecule has 1 aliphatic heterocycles. The smallest absolute Gasteiger partial charge is 0.379 e. The van der Waals surface area contributed by atoms with Crippen molar-refractivity contribution in [1.29, 1.82) is 5.26 Å². The van der Waals surface area contributed by atoms with Gasteiger partial charge in [-0.1, -0.05) is 36.4 Å². The van der Waals surface area contributed by atoms with E-state index in [-0.39, 0.29) is 67.7 Å². The van der Waals surface area contributed by atoms with Crippen molar-refractivity contribution in [3.8, 4) is 6.07 Å². The van der Waals surface area contributed by atoms with Gasteiger partial charge in [-0.3, -0.25) is 19.2 Å². The number of sulfone groups is 1. The van der Waals surface area contributed by atoms with Crippen LogP contribution in [0.4, 0.5) is 23.2 Å². The van der Waals surface area contributed by atoms with E-state index in [2.05, 4.69) is 15.5 Å². The Balaban J connectivity index is 0.926. The van der Waals surface area contributed by atoms with Gasteiger partial charge >= 0.3 is 6.18 Å². The predicted molar refractivity (Wildman–Crippen MR) is 217 cm³/mol. The summed E-state index contributed by atoms with van der Waals surface area (Å²) in [5.41, 5.74) is -3.43. The van der Waals surface area contributed by atoms with Gasteiger partial charge < -0.3 is 25.0 Å². The van der Waals surface area contributed by atoms with Crippen LogP contribution in [0.2, 0.25) is 0 Å². The number of aromatic amines is 1. The fourth-order valence-electron chi connectivity index (χ4n) is 6.91. The number of aromatic nitrogens is 2. The molecule has 0 aliphatic carbocycles. The van der Waals surface area contributed by atoms with Crippen LogP contribution in [0.15, 0.2) is 94.6 Å². The van der Waals surface area contributed by atoms with Crippen molar-refractivity contribution in [2.75, 3.05) is 50.5 Å². The van der Waals surface area contributed by atoms with E-state index in [1.54, 1.807) is 35.2 Å². The second kappa shape index (κ2) is 18.6. The highest BCUT2D eigenvalue weighted by Crippen LogP contribution is 2.34. The van der Waals surface area contributed by atoms with Crippen LogP contribution in [0.1, 0.15) is 51.7 Å². The molecule has 1 fully saturated rings. The lowest BCUT2D eigenvalue weighted by Crippen LogP contribution is -2.51. The molecular weight excluding hydrogens is 837 g/mol. The van der Waals surface area contributed by atoms with Crippen LogP contribution in [0, 0.1) is 17.1 Å². The molecule has 0 unspecified atom stereocenters. The third-order valence-electron chi connectivity index (χ3n) is 10.3. The van der Waals surface area contributed by atoms with Gasteiger partial charge in [-0.15, -0.1) is 0 Å². The molecule has 6 rings (SSSR count). The lowest BCUT2D eigenvalue weighted by atomic mass is 10.0. The normalized spacial score (nSPS) is 14.3. The van der Waals surface area contributed by atoms with E-state index in [0.29, 0.717) is 40.9 Å². The van der Waals surface area contributed by atoms with Crippen molar-refractivity contribution in [3.63, 3.8) is 0 Å². The fourth-order valence-corrected chi connectivity index (χ4v) is 8.49. The Labute approximate surface area is 352 Å². The molecule has 19 heteroatoms. The Morgan fingerprint density at radius 3 is 2.27 bits per heavy atom. The van der Waals surface area contributed by atoms with Crippen molar-refractivity contribution in [1.82, 2.24) is 20.0 Å². The van der Waals surface area contributed by atoms with Crippen LogP contribution >= 0.6 is 0 Å². The Kier molecular flexibility index (Phi) is 13.5. The minimum Gasteiger partial charge on any atom is -0.379 e. The summed E-state index contributed by atoms with van der Waals surface area (Å²) >= 11 is 0. The second-order valence-corrected chi connectivity index (χ2v) is 16.9. The van der Waals surface area contributed by atoms with E-state index in [1.807, 2.05) is 0 Å². The van der Waals surface area contributed by atoms with Crippen molar-refractivity contribution in [2.45, 2.75) is 42.9 Å². The number of nitrogens with zero attached hydrogens (tertiary/aromatic N) is 4. The van der Waals surface area contributed by atoms with E-state index in [1.165, 1.54) is 47.4 Å². The summed E-state index contributed by atoms with van der Waals surface area (Å²) in [5.74, 6) is -3.83. The summed E-state index contributed by atoms with van der Waals surface area (Å²) < 4.78 is 86.7. The number of halogens is 4. The van der Waals surface area contributed by atoms with Crippen molar-refractivity contribution < 1.29 is 50.2 Å². The highest BCUT2D eigenvalue weighted by Gasteiger charge is 2.38. The quantitative estimate of drug-likeness (QED) is 0.104. The van der Waals surface area contributed by atoms with Gasteiger partial charge in [0.1, 0.15) is 12.4 Å². The molecule has 0 saturated carbocycles. The maximum atomic E-state index is 14.9. The number of hydrogen-bond acceptors (Lipinski definition) is 10. The van der Waals surface area contributed by atoms with Crippen LogP contribution in [0.3, 0.4) is 0 Å². The molecule has 14 nitrogen and oxygen atoms in total. The number of rotatable bonds is 14. The van der Waals surface area contributed by atoms with E-state index >= 15 is 0 Å². The second-order valence-electron chi connectivity index (χ2n) is 14.9. The van der Waals surface area contributed by atoms with Gasteiger partial charge in [-0.2, -0.15) is 23.5 Å². The lowest BCUT2D eigenvalue weighted by molar-refractivity contribution is -0.138. The van der Waals surface area contributed by atoms with Crippen molar-refractivity contribution in [2.24, 2.45) is 0 Å². The highest BCUT2D eigenvalue weighted by molar-refractivity contribution is 7.91. The van der Waals surface area contributed by atoms with E-state index < -0.39 is 61.8 Å². The van der Waals surface area contributed by atoms with Gasteiger partial charge in [0.25, 0.3) is 17.4 Å². The van der Waals surface area contributed by atoms with Gasteiger partial charge in [0.15, 0.2) is 15.4 Å². The van der Waals surface area contributed by atoms with Gasteiger partial charge in [0.2, 0.25) is 5.91 Å². The standard InChI is InChI=1S/C43H40F4N6O8S/c1-42(58,41(57)49-30-12-11-29(24-48)35(23-30)43(45,46)47)26-62(59,60)31-13-8-27(9-14-31)5-4-20-61-25-38(54)52-16-18-53(19-17-52)40(56)34-21-28(10-15-36(34)44)22-37-32-6-2-3-7-33(32)39(55)51-50-37/h2-3,6-15,21,23,58H,4-5,16-20,22,25-26H2,1H3,(H,49,57)(H,51,55)/t42-/m0/s1. The van der Waals surface area contributed by atoms with Crippen LogP contribution in [0.5, 0.6) is 0 Å².